The van der Waals surface area contributed by atoms with E-state index in [1.165, 1.54) is 11.3 Å². The Morgan fingerprint density at radius 3 is 2.90 bits per heavy atom. The summed E-state index contributed by atoms with van der Waals surface area (Å²) < 4.78 is 1.97. The van der Waals surface area contributed by atoms with Gasteiger partial charge in [0.25, 0.3) is 0 Å². The normalized spacial score (nSPS) is 12.8. The van der Waals surface area contributed by atoms with E-state index in [1.807, 2.05) is 40.7 Å². The molecule has 2 heterocycles. The standard InChI is InChI=1S/C15H16N4S/c1-20-9-7-14-13-6-8-17-15(13)19(18-14)12-4-2-11(10-16)3-5-12/h2-5,17H,6-9H2,1H3. The number of nitrogens with zero attached hydrogens (tertiary/aromatic N) is 3. The Morgan fingerprint density at radius 1 is 1.40 bits per heavy atom. The van der Waals surface area contributed by atoms with Crippen molar-refractivity contribution in [3.63, 3.8) is 0 Å². The van der Waals surface area contributed by atoms with E-state index in [9.17, 15) is 0 Å². The molecule has 0 aliphatic carbocycles. The summed E-state index contributed by atoms with van der Waals surface area (Å²) in [6, 6.07) is 9.71. The zero-order valence-electron chi connectivity index (χ0n) is 11.4. The molecule has 1 aromatic heterocycles. The summed E-state index contributed by atoms with van der Waals surface area (Å²) in [5.74, 6) is 2.21. The molecule has 1 aromatic carbocycles. The van der Waals surface area contributed by atoms with Gasteiger partial charge < -0.3 is 5.32 Å². The zero-order chi connectivity index (χ0) is 13.9. The number of nitriles is 1. The molecule has 0 atom stereocenters. The average Bonchev–Trinajstić information content (AvgIpc) is 3.08. The highest BCUT2D eigenvalue weighted by Crippen LogP contribution is 2.29. The van der Waals surface area contributed by atoms with E-state index in [0.29, 0.717) is 5.56 Å². The molecule has 0 saturated carbocycles. The van der Waals surface area contributed by atoms with Gasteiger partial charge in [-0.1, -0.05) is 0 Å². The van der Waals surface area contributed by atoms with Crippen LogP contribution in [0.3, 0.4) is 0 Å². The maximum atomic E-state index is 8.87. The summed E-state index contributed by atoms with van der Waals surface area (Å²) in [6.07, 6.45) is 4.18. The molecule has 1 aliphatic heterocycles. The quantitative estimate of drug-likeness (QED) is 0.937. The first-order chi connectivity index (χ1) is 9.83. The SMILES string of the molecule is CSCCc1nn(-c2ccc(C#N)cc2)c2c1CCN2. The molecule has 0 amide bonds. The molecule has 1 aliphatic rings. The molecule has 0 spiro atoms. The number of benzene rings is 1. The minimum atomic E-state index is 0.674. The average molecular weight is 284 g/mol. The van der Waals surface area contributed by atoms with Gasteiger partial charge in [-0.25, -0.2) is 4.68 Å². The zero-order valence-corrected chi connectivity index (χ0v) is 12.2. The van der Waals surface area contributed by atoms with Crippen LogP contribution in [0.5, 0.6) is 0 Å². The number of thioether (sulfide) groups is 1. The number of hydrogen-bond donors (Lipinski definition) is 1. The maximum absolute atomic E-state index is 8.87. The van der Waals surface area contributed by atoms with E-state index in [1.54, 1.807) is 0 Å². The number of anilines is 1. The second-order valence-electron chi connectivity index (χ2n) is 4.76. The minimum Gasteiger partial charge on any atom is -0.369 e. The molecular weight excluding hydrogens is 268 g/mol. The molecule has 0 fully saturated rings. The predicted molar refractivity (Wildman–Crippen MR) is 82.6 cm³/mol. The highest BCUT2D eigenvalue weighted by Gasteiger charge is 2.22. The van der Waals surface area contributed by atoms with E-state index >= 15 is 0 Å². The number of rotatable bonds is 4. The number of hydrogen-bond acceptors (Lipinski definition) is 4. The first-order valence-corrected chi connectivity index (χ1v) is 8.07. The van der Waals surface area contributed by atoms with Crippen molar-refractivity contribution in [3.8, 4) is 11.8 Å². The topological polar surface area (TPSA) is 53.6 Å². The lowest BCUT2D eigenvalue weighted by molar-refractivity contribution is 0.834. The fourth-order valence-electron chi connectivity index (χ4n) is 2.51. The fraction of sp³-hybridized carbons (Fsp3) is 0.333. The minimum absolute atomic E-state index is 0.674. The molecule has 0 unspecified atom stereocenters. The van der Waals surface area contributed by atoms with Gasteiger partial charge in [-0.2, -0.15) is 22.1 Å². The molecule has 2 aromatic rings. The van der Waals surface area contributed by atoms with Crippen molar-refractivity contribution in [3.05, 3.63) is 41.1 Å². The van der Waals surface area contributed by atoms with Crippen LogP contribution in [0, 0.1) is 11.3 Å². The molecule has 0 saturated heterocycles. The lowest BCUT2D eigenvalue weighted by Crippen LogP contribution is -2.05. The van der Waals surface area contributed by atoms with Gasteiger partial charge in [-0.05, 0) is 42.7 Å². The van der Waals surface area contributed by atoms with Crippen LogP contribution >= 0.6 is 11.8 Å². The van der Waals surface area contributed by atoms with Crippen LogP contribution in [0.4, 0.5) is 5.82 Å². The van der Waals surface area contributed by atoms with E-state index in [0.717, 1.165) is 36.6 Å². The number of aryl methyl sites for hydroxylation is 1. The van der Waals surface area contributed by atoms with E-state index in [4.69, 9.17) is 10.4 Å². The van der Waals surface area contributed by atoms with Gasteiger partial charge in [0.05, 0.1) is 23.0 Å². The molecule has 0 radical (unpaired) electrons. The molecule has 4 nitrogen and oxygen atoms in total. The van der Waals surface area contributed by atoms with Crippen LogP contribution in [0.25, 0.3) is 5.69 Å². The molecule has 1 N–H and O–H groups in total. The lowest BCUT2D eigenvalue weighted by atomic mass is 10.2. The second kappa shape index (κ2) is 5.59. The van der Waals surface area contributed by atoms with Crippen LogP contribution in [0.2, 0.25) is 0 Å². The van der Waals surface area contributed by atoms with Crippen molar-refractivity contribution in [2.24, 2.45) is 0 Å². The first kappa shape index (κ1) is 13.1. The Morgan fingerprint density at radius 2 is 2.20 bits per heavy atom. The third kappa shape index (κ3) is 2.27. The molecule has 0 bridgehead atoms. The Labute approximate surface area is 122 Å². The monoisotopic (exact) mass is 284 g/mol. The molecule has 102 valence electrons. The Kier molecular flexibility index (Phi) is 3.66. The number of aromatic nitrogens is 2. The van der Waals surface area contributed by atoms with E-state index in [2.05, 4.69) is 17.6 Å². The third-order valence-corrected chi connectivity index (χ3v) is 4.13. The molecule has 20 heavy (non-hydrogen) atoms. The predicted octanol–water partition coefficient (Wildman–Crippen LogP) is 2.62. The van der Waals surface area contributed by atoms with Gasteiger partial charge in [0.2, 0.25) is 0 Å². The van der Waals surface area contributed by atoms with Crippen molar-refractivity contribution >= 4 is 17.6 Å². The van der Waals surface area contributed by atoms with Crippen molar-refractivity contribution < 1.29 is 0 Å². The van der Waals surface area contributed by atoms with Gasteiger partial charge in [0.15, 0.2) is 0 Å². The Balaban J connectivity index is 1.98. The largest absolute Gasteiger partial charge is 0.369 e. The van der Waals surface area contributed by atoms with Crippen molar-refractivity contribution in [2.45, 2.75) is 12.8 Å². The van der Waals surface area contributed by atoms with Crippen LogP contribution in [-0.4, -0.2) is 28.3 Å². The summed E-state index contributed by atoms with van der Waals surface area (Å²) in [6.45, 7) is 0.982. The summed E-state index contributed by atoms with van der Waals surface area (Å²) in [4.78, 5) is 0. The summed E-state index contributed by atoms with van der Waals surface area (Å²) in [7, 11) is 0. The smallest absolute Gasteiger partial charge is 0.133 e. The number of fused-ring (bicyclic) bond motifs is 1. The third-order valence-electron chi connectivity index (χ3n) is 3.52. The van der Waals surface area contributed by atoms with Crippen LogP contribution < -0.4 is 5.32 Å². The van der Waals surface area contributed by atoms with Crippen molar-refractivity contribution in [1.82, 2.24) is 9.78 Å². The second-order valence-corrected chi connectivity index (χ2v) is 5.75. The van der Waals surface area contributed by atoms with Crippen molar-refractivity contribution in [2.75, 3.05) is 23.9 Å². The summed E-state index contributed by atoms with van der Waals surface area (Å²) >= 11 is 1.85. The Bertz CT molecular complexity index is 652. The molecular formula is C15H16N4S. The van der Waals surface area contributed by atoms with E-state index < -0.39 is 0 Å². The lowest BCUT2D eigenvalue weighted by Gasteiger charge is -2.06. The number of nitrogens with one attached hydrogen (secondary N) is 1. The van der Waals surface area contributed by atoms with E-state index in [-0.39, 0.29) is 0 Å². The first-order valence-electron chi connectivity index (χ1n) is 6.67. The summed E-state index contributed by atoms with van der Waals surface area (Å²) in [5.41, 5.74) is 4.23. The van der Waals surface area contributed by atoms with Crippen molar-refractivity contribution in [1.29, 1.82) is 5.26 Å². The summed E-state index contributed by atoms with van der Waals surface area (Å²) in [5, 5.41) is 17.0. The van der Waals surface area contributed by atoms with Gasteiger partial charge in [0.1, 0.15) is 5.82 Å². The van der Waals surface area contributed by atoms with Gasteiger partial charge in [0, 0.05) is 18.5 Å². The highest BCUT2D eigenvalue weighted by atomic mass is 32.2. The highest BCUT2D eigenvalue weighted by molar-refractivity contribution is 7.98. The van der Waals surface area contributed by atoms with Crippen LogP contribution in [-0.2, 0) is 12.8 Å². The molecule has 3 rings (SSSR count). The van der Waals surface area contributed by atoms with Gasteiger partial charge in [-0.15, -0.1) is 0 Å². The maximum Gasteiger partial charge on any atom is 0.133 e. The fourth-order valence-corrected chi connectivity index (χ4v) is 2.91. The van der Waals surface area contributed by atoms with Crippen LogP contribution in [0.1, 0.15) is 16.8 Å². The Hall–Kier alpha value is -1.93. The van der Waals surface area contributed by atoms with Gasteiger partial charge in [-0.3, -0.25) is 0 Å². The van der Waals surface area contributed by atoms with Gasteiger partial charge >= 0.3 is 0 Å². The van der Waals surface area contributed by atoms with Crippen LogP contribution in [0.15, 0.2) is 24.3 Å². The molecule has 5 heteroatoms.